The van der Waals surface area contributed by atoms with Gasteiger partial charge in [0.2, 0.25) is 5.88 Å². The number of ether oxygens (including phenoxy) is 1. The Bertz CT molecular complexity index is 774. The van der Waals surface area contributed by atoms with Gasteiger partial charge < -0.3 is 4.74 Å². The number of fused-ring (bicyclic) bond motifs is 1. The Hall–Kier alpha value is -1.66. The lowest BCUT2D eigenvalue weighted by molar-refractivity contribution is 0.399. The summed E-state index contributed by atoms with van der Waals surface area (Å²) in [5, 5.41) is 5.02. The normalized spacial score (nSPS) is 10.9. The van der Waals surface area contributed by atoms with Crippen molar-refractivity contribution in [3.8, 4) is 5.88 Å². The minimum atomic E-state index is 0.514. The number of nitrogens with zero attached hydrogens (tertiary/aromatic N) is 4. The summed E-state index contributed by atoms with van der Waals surface area (Å²) in [5.74, 6) is 0.514. The minimum Gasteiger partial charge on any atom is -0.479 e. The van der Waals surface area contributed by atoms with Gasteiger partial charge in [-0.25, -0.2) is 4.98 Å². The van der Waals surface area contributed by atoms with Crippen LogP contribution < -0.4 is 4.74 Å². The molecule has 20 heavy (non-hydrogen) atoms. The zero-order chi connectivity index (χ0) is 14.1. The Labute approximate surface area is 128 Å². The van der Waals surface area contributed by atoms with Crippen molar-refractivity contribution < 1.29 is 4.74 Å². The van der Waals surface area contributed by atoms with E-state index >= 15 is 0 Å². The number of hydrogen-bond acceptors (Lipinski definition) is 4. The van der Waals surface area contributed by atoms with Crippen LogP contribution in [0, 0.1) is 0 Å². The molecule has 0 saturated heterocycles. The van der Waals surface area contributed by atoms with Crippen LogP contribution in [0.2, 0.25) is 5.02 Å². The van der Waals surface area contributed by atoms with Gasteiger partial charge in [-0.3, -0.25) is 4.68 Å². The number of hydrogen-bond donors (Lipinski definition) is 0. The highest BCUT2D eigenvalue weighted by Crippen LogP contribution is 2.25. The summed E-state index contributed by atoms with van der Waals surface area (Å²) in [6.07, 6.45) is 3.16. The number of rotatable bonds is 3. The van der Waals surface area contributed by atoms with Crippen molar-refractivity contribution in [3.05, 3.63) is 45.8 Å². The fraction of sp³-hybridized carbons (Fsp3) is 0.154. The van der Waals surface area contributed by atoms with Crippen LogP contribution in [0.15, 0.2) is 35.2 Å². The van der Waals surface area contributed by atoms with Gasteiger partial charge in [0.25, 0.3) is 0 Å². The van der Waals surface area contributed by atoms with E-state index in [0.717, 1.165) is 21.1 Å². The molecule has 5 nitrogen and oxygen atoms in total. The van der Waals surface area contributed by atoms with Crippen LogP contribution in [-0.2, 0) is 6.54 Å². The molecule has 3 aromatic rings. The molecule has 1 aromatic carbocycles. The Morgan fingerprint density at radius 3 is 2.95 bits per heavy atom. The first-order valence-electron chi connectivity index (χ1n) is 5.83. The number of benzene rings is 1. The molecule has 3 rings (SSSR count). The van der Waals surface area contributed by atoms with Crippen molar-refractivity contribution in [2.75, 3.05) is 7.11 Å². The molecule has 0 aliphatic carbocycles. The molecular formula is C13H10BrClN4O. The highest BCUT2D eigenvalue weighted by atomic mass is 79.9. The molecule has 0 aliphatic rings. The molecule has 0 amide bonds. The van der Waals surface area contributed by atoms with E-state index in [2.05, 4.69) is 31.0 Å². The molecular weight excluding hydrogens is 344 g/mol. The molecule has 102 valence electrons. The largest absolute Gasteiger partial charge is 0.479 e. The average Bonchev–Trinajstić information content (AvgIpc) is 2.86. The summed E-state index contributed by atoms with van der Waals surface area (Å²) >= 11 is 9.41. The fourth-order valence-electron chi connectivity index (χ4n) is 1.97. The summed E-state index contributed by atoms with van der Waals surface area (Å²) in [6, 6.07) is 5.77. The molecule has 0 fully saturated rings. The number of halogens is 2. The van der Waals surface area contributed by atoms with E-state index in [1.165, 1.54) is 6.33 Å². The standard InChI is InChI=1S/C13H10BrClN4O/c1-20-13-12-11(16-7-17-13)5-18-19(12)6-8-2-3-10(15)9(14)4-8/h2-5,7H,6H2,1H3. The highest BCUT2D eigenvalue weighted by molar-refractivity contribution is 9.10. The Morgan fingerprint density at radius 1 is 1.35 bits per heavy atom. The first-order valence-corrected chi connectivity index (χ1v) is 7.00. The second-order valence-electron chi connectivity index (χ2n) is 4.17. The summed E-state index contributed by atoms with van der Waals surface area (Å²) in [4.78, 5) is 8.29. The van der Waals surface area contributed by atoms with E-state index in [4.69, 9.17) is 16.3 Å². The molecule has 2 aromatic heterocycles. The summed E-state index contributed by atoms with van der Waals surface area (Å²) in [6.45, 7) is 0.586. The molecule has 0 radical (unpaired) electrons. The Balaban J connectivity index is 2.04. The lowest BCUT2D eigenvalue weighted by atomic mass is 10.2. The third kappa shape index (κ3) is 2.36. The van der Waals surface area contributed by atoms with Gasteiger partial charge in [-0.2, -0.15) is 10.1 Å². The first kappa shape index (κ1) is 13.3. The monoisotopic (exact) mass is 352 g/mol. The molecule has 0 N–H and O–H groups in total. The van der Waals surface area contributed by atoms with Gasteiger partial charge in [0.1, 0.15) is 17.4 Å². The maximum atomic E-state index is 6.00. The van der Waals surface area contributed by atoms with Crippen molar-refractivity contribution in [1.82, 2.24) is 19.7 Å². The first-order chi connectivity index (χ1) is 9.69. The predicted molar refractivity (Wildman–Crippen MR) is 80.1 cm³/mol. The molecule has 0 aliphatic heterocycles. The topological polar surface area (TPSA) is 52.8 Å². The molecule has 0 saturated carbocycles. The van der Waals surface area contributed by atoms with E-state index in [1.807, 2.05) is 22.9 Å². The number of methoxy groups -OCH3 is 1. The molecule has 0 atom stereocenters. The lowest BCUT2D eigenvalue weighted by Crippen LogP contribution is -2.03. The van der Waals surface area contributed by atoms with E-state index in [9.17, 15) is 0 Å². The van der Waals surface area contributed by atoms with Crippen LogP contribution in [0.1, 0.15) is 5.56 Å². The third-order valence-electron chi connectivity index (χ3n) is 2.90. The lowest BCUT2D eigenvalue weighted by Gasteiger charge is -2.07. The van der Waals surface area contributed by atoms with Crippen molar-refractivity contribution >= 4 is 38.6 Å². The highest BCUT2D eigenvalue weighted by Gasteiger charge is 2.11. The molecule has 0 bridgehead atoms. The second kappa shape index (κ2) is 5.38. The van der Waals surface area contributed by atoms with Gasteiger partial charge in [0.05, 0.1) is 24.9 Å². The summed E-state index contributed by atoms with van der Waals surface area (Å²) in [5.41, 5.74) is 2.60. The van der Waals surface area contributed by atoms with Crippen molar-refractivity contribution in [2.24, 2.45) is 0 Å². The van der Waals surface area contributed by atoms with Crippen molar-refractivity contribution in [1.29, 1.82) is 0 Å². The van der Waals surface area contributed by atoms with Gasteiger partial charge in [0.15, 0.2) is 0 Å². The van der Waals surface area contributed by atoms with Crippen LogP contribution in [0.4, 0.5) is 0 Å². The molecule has 2 heterocycles. The molecule has 0 spiro atoms. The van der Waals surface area contributed by atoms with Crippen LogP contribution in [0.25, 0.3) is 11.0 Å². The third-order valence-corrected chi connectivity index (χ3v) is 4.12. The predicted octanol–water partition coefficient (Wildman–Crippen LogP) is 3.30. The number of aromatic nitrogens is 4. The summed E-state index contributed by atoms with van der Waals surface area (Å²) < 4.78 is 7.93. The SMILES string of the molecule is COc1ncnc2cnn(Cc3ccc(Cl)c(Br)c3)c12. The van der Waals surface area contributed by atoms with Gasteiger partial charge in [-0.05, 0) is 33.6 Å². The van der Waals surface area contributed by atoms with Gasteiger partial charge in [0, 0.05) is 4.47 Å². The van der Waals surface area contributed by atoms with E-state index in [0.29, 0.717) is 17.4 Å². The fourth-order valence-corrected chi connectivity index (χ4v) is 2.52. The smallest absolute Gasteiger partial charge is 0.243 e. The van der Waals surface area contributed by atoms with E-state index in [1.54, 1.807) is 13.3 Å². The Morgan fingerprint density at radius 2 is 2.20 bits per heavy atom. The maximum Gasteiger partial charge on any atom is 0.243 e. The molecule has 0 unspecified atom stereocenters. The quantitative estimate of drug-likeness (QED) is 0.725. The van der Waals surface area contributed by atoms with E-state index in [-0.39, 0.29) is 0 Å². The van der Waals surface area contributed by atoms with Crippen LogP contribution in [0.3, 0.4) is 0 Å². The van der Waals surface area contributed by atoms with E-state index < -0.39 is 0 Å². The zero-order valence-electron chi connectivity index (χ0n) is 10.5. The van der Waals surface area contributed by atoms with Crippen LogP contribution in [-0.4, -0.2) is 26.9 Å². The minimum absolute atomic E-state index is 0.514. The van der Waals surface area contributed by atoms with Gasteiger partial charge in [-0.15, -0.1) is 0 Å². The van der Waals surface area contributed by atoms with Gasteiger partial charge in [-0.1, -0.05) is 17.7 Å². The maximum absolute atomic E-state index is 6.00. The second-order valence-corrected chi connectivity index (χ2v) is 5.43. The van der Waals surface area contributed by atoms with Crippen molar-refractivity contribution in [2.45, 2.75) is 6.54 Å². The molecule has 7 heteroatoms. The zero-order valence-corrected chi connectivity index (χ0v) is 12.9. The van der Waals surface area contributed by atoms with Crippen molar-refractivity contribution in [3.63, 3.8) is 0 Å². The van der Waals surface area contributed by atoms with Crippen LogP contribution in [0.5, 0.6) is 5.88 Å². The average molecular weight is 354 g/mol. The van der Waals surface area contributed by atoms with Gasteiger partial charge >= 0.3 is 0 Å². The summed E-state index contributed by atoms with van der Waals surface area (Å²) in [7, 11) is 1.58. The Kier molecular flexibility index (Phi) is 3.58. The van der Waals surface area contributed by atoms with Crippen LogP contribution >= 0.6 is 27.5 Å².